The first-order valence-corrected chi connectivity index (χ1v) is 12.1. The maximum Gasteiger partial charge on any atom is 0.242 e. The summed E-state index contributed by atoms with van der Waals surface area (Å²) in [6.45, 7) is 9.18. The summed E-state index contributed by atoms with van der Waals surface area (Å²) in [5, 5.41) is 2.10. The summed E-state index contributed by atoms with van der Waals surface area (Å²) in [5.41, 5.74) is 3.48. The van der Waals surface area contributed by atoms with Crippen molar-refractivity contribution in [1.29, 1.82) is 0 Å². The van der Waals surface area contributed by atoms with Crippen LogP contribution in [0.3, 0.4) is 0 Å². The van der Waals surface area contributed by atoms with Crippen LogP contribution < -0.4 is 4.74 Å². The molecule has 6 heteroatoms. The Morgan fingerprint density at radius 3 is 2.68 bits per heavy atom. The second kappa shape index (κ2) is 9.03. The van der Waals surface area contributed by atoms with Crippen molar-refractivity contribution in [2.45, 2.75) is 59.0 Å². The molecule has 0 bridgehead atoms. The summed E-state index contributed by atoms with van der Waals surface area (Å²) in [6, 6.07) is 8.38. The molecule has 1 aliphatic carbocycles. The molecule has 2 aliphatic rings. The third-order valence-electron chi connectivity index (χ3n) is 6.21. The summed E-state index contributed by atoms with van der Waals surface area (Å²) >= 11 is 1.75. The van der Waals surface area contributed by atoms with Crippen LogP contribution in [0.5, 0.6) is 5.75 Å². The quantitative estimate of drug-likeness (QED) is 0.636. The molecule has 0 saturated heterocycles. The number of aryl methyl sites for hydroxylation is 2. The Bertz CT molecular complexity index is 963. The number of carbonyl (C=O) groups is 2. The number of carbonyl (C=O) groups excluding carboxylic acids is 2. The zero-order valence-corrected chi connectivity index (χ0v) is 19.7. The highest BCUT2D eigenvalue weighted by Gasteiger charge is 2.38. The van der Waals surface area contributed by atoms with E-state index in [1.54, 1.807) is 16.2 Å². The molecule has 1 fully saturated rings. The summed E-state index contributed by atoms with van der Waals surface area (Å²) in [6.07, 6.45) is 2.86. The lowest BCUT2D eigenvalue weighted by molar-refractivity contribution is -0.144. The van der Waals surface area contributed by atoms with Crippen LogP contribution >= 0.6 is 11.3 Å². The van der Waals surface area contributed by atoms with Crippen molar-refractivity contribution in [3.05, 3.63) is 51.2 Å². The van der Waals surface area contributed by atoms with Gasteiger partial charge in [-0.1, -0.05) is 31.5 Å². The van der Waals surface area contributed by atoms with Crippen molar-refractivity contribution in [2.75, 3.05) is 19.7 Å². The van der Waals surface area contributed by atoms with Crippen LogP contribution in [0.2, 0.25) is 0 Å². The molecule has 0 spiro atoms. The van der Waals surface area contributed by atoms with E-state index in [2.05, 4.69) is 24.4 Å². The predicted octanol–water partition coefficient (Wildman–Crippen LogP) is 4.52. The highest BCUT2D eigenvalue weighted by molar-refractivity contribution is 7.10. The highest BCUT2D eigenvalue weighted by Crippen LogP contribution is 2.35. The molecule has 2 amide bonds. The fourth-order valence-electron chi connectivity index (χ4n) is 4.35. The Morgan fingerprint density at radius 1 is 1.23 bits per heavy atom. The van der Waals surface area contributed by atoms with Gasteiger partial charge in [0.25, 0.3) is 0 Å². The van der Waals surface area contributed by atoms with Gasteiger partial charge in [0, 0.05) is 23.4 Å². The maximum atomic E-state index is 13.4. The van der Waals surface area contributed by atoms with Crippen molar-refractivity contribution < 1.29 is 14.3 Å². The first kappa shape index (κ1) is 21.9. The third-order valence-corrected chi connectivity index (χ3v) is 7.21. The number of ether oxygens (including phenoxy) is 1. The first-order chi connectivity index (χ1) is 14.8. The molecule has 5 nitrogen and oxygen atoms in total. The van der Waals surface area contributed by atoms with Gasteiger partial charge in [-0.25, -0.2) is 0 Å². The monoisotopic (exact) mass is 440 g/mol. The lowest BCUT2D eigenvalue weighted by Crippen LogP contribution is -2.49. The third kappa shape index (κ3) is 4.79. The van der Waals surface area contributed by atoms with E-state index in [9.17, 15) is 9.59 Å². The lowest BCUT2D eigenvalue weighted by atomic mass is 10.00. The van der Waals surface area contributed by atoms with Crippen LogP contribution in [-0.2, 0) is 16.0 Å². The zero-order chi connectivity index (χ0) is 22.1. The van der Waals surface area contributed by atoms with Gasteiger partial charge >= 0.3 is 0 Å². The van der Waals surface area contributed by atoms with Crippen molar-refractivity contribution >= 4 is 23.2 Å². The van der Waals surface area contributed by atoms with E-state index in [4.69, 9.17) is 4.74 Å². The van der Waals surface area contributed by atoms with Crippen LogP contribution in [-0.4, -0.2) is 47.4 Å². The number of thiophene rings is 1. The minimum absolute atomic E-state index is 0.0204. The number of nitrogens with zero attached hydrogens (tertiary/aromatic N) is 2. The number of fused-ring (bicyclic) bond motifs is 1. The van der Waals surface area contributed by atoms with Gasteiger partial charge in [-0.3, -0.25) is 9.59 Å². The van der Waals surface area contributed by atoms with E-state index in [1.165, 1.54) is 16.0 Å². The standard InChI is InChI=1S/C25H32N2O3S/c1-16(2)25(29)27(19-6-7-19)14-24(28)26-11-9-23-20(10-12-31-23)21(26)15-30-22-8-5-17(3)13-18(22)4/h5,8,10,12-13,16,19,21H,6-7,9,11,14-15H2,1-4H3/t21-/m0/s1. The minimum Gasteiger partial charge on any atom is -0.491 e. The van der Waals surface area contributed by atoms with Crippen LogP contribution in [0.1, 0.15) is 54.3 Å². The SMILES string of the molecule is Cc1ccc(OC[C@H]2c3ccsc3CCN2C(=O)CN(C(=O)C(C)C)C2CC2)c(C)c1. The Balaban J connectivity index is 1.52. The maximum absolute atomic E-state index is 13.4. The molecule has 1 aliphatic heterocycles. The van der Waals surface area contributed by atoms with Crippen molar-refractivity contribution in [3.63, 3.8) is 0 Å². The number of hydrogen-bond donors (Lipinski definition) is 0. The Kier molecular flexibility index (Phi) is 6.37. The molecule has 2 heterocycles. The molecule has 0 unspecified atom stereocenters. The van der Waals surface area contributed by atoms with Crippen molar-refractivity contribution in [2.24, 2.45) is 5.92 Å². The number of amides is 2. The molecular weight excluding hydrogens is 408 g/mol. The highest BCUT2D eigenvalue weighted by atomic mass is 32.1. The molecule has 1 aromatic heterocycles. The molecule has 4 rings (SSSR count). The molecule has 31 heavy (non-hydrogen) atoms. The Morgan fingerprint density at radius 2 is 2.00 bits per heavy atom. The number of hydrogen-bond acceptors (Lipinski definition) is 4. The molecule has 0 N–H and O–H groups in total. The van der Waals surface area contributed by atoms with Gasteiger partial charge in [-0.15, -0.1) is 11.3 Å². The van der Waals surface area contributed by atoms with Gasteiger partial charge in [-0.2, -0.15) is 0 Å². The molecule has 1 saturated carbocycles. The van der Waals surface area contributed by atoms with E-state index in [-0.39, 0.29) is 36.4 Å². The topological polar surface area (TPSA) is 49.9 Å². The van der Waals surface area contributed by atoms with Gasteiger partial charge in [0.2, 0.25) is 11.8 Å². The molecule has 1 aromatic carbocycles. The average molecular weight is 441 g/mol. The second-order valence-corrected chi connectivity index (χ2v) is 10.1. The minimum atomic E-state index is -0.126. The summed E-state index contributed by atoms with van der Waals surface area (Å²) in [4.78, 5) is 31.2. The lowest BCUT2D eigenvalue weighted by Gasteiger charge is -2.37. The van der Waals surface area contributed by atoms with Crippen molar-refractivity contribution in [3.8, 4) is 5.75 Å². The Labute approximate surface area is 189 Å². The zero-order valence-electron chi connectivity index (χ0n) is 18.9. The molecule has 166 valence electrons. The molecular formula is C25H32N2O3S. The average Bonchev–Trinajstić information content (AvgIpc) is 3.46. The van der Waals surface area contributed by atoms with Gasteiger partial charge in [-0.05, 0) is 61.7 Å². The Hall–Kier alpha value is -2.34. The number of benzene rings is 1. The largest absolute Gasteiger partial charge is 0.491 e. The van der Waals surface area contributed by atoms with Crippen LogP contribution in [0.15, 0.2) is 29.6 Å². The van der Waals surface area contributed by atoms with Gasteiger partial charge in [0.15, 0.2) is 0 Å². The summed E-state index contributed by atoms with van der Waals surface area (Å²) in [5.74, 6) is 0.857. The van der Waals surface area contributed by atoms with E-state index >= 15 is 0 Å². The normalized spacial score (nSPS) is 18.1. The van der Waals surface area contributed by atoms with E-state index in [0.717, 1.165) is 30.6 Å². The van der Waals surface area contributed by atoms with Gasteiger partial charge in [0.05, 0.1) is 6.04 Å². The van der Waals surface area contributed by atoms with Crippen molar-refractivity contribution in [1.82, 2.24) is 9.80 Å². The second-order valence-electron chi connectivity index (χ2n) is 9.08. The van der Waals surface area contributed by atoms with Gasteiger partial charge in [0.1, 0.15) is 18.9 Å². The molecule has 2 aromatic rings. The van der Waals surface area contributed by atoms with E-state index in [0.29, 0.717) is 13.2 Å². The predicted molar refractivity (Wildman–Crippen MR) is 123 cm³/mol. The summed E-state index contributed by atoms with van der Waals surface area (Å²) in [7, 11) is 0. The van der Waals surface area contributed by atoms with E-state index < -0.39 is 0 Å². The summed E-state index contributed by atoms with van der Waals surface area (Å²) < 4.78 is 6.22. The smallest absolute Gasteiger partial charge is 0.242 e. The molecule has 0 radical (unpaired) electrons. The fraction of sp³-hybridized carbons (Fsp3) is 0.520. The van der Waals surface area contributed by atoms with Crippen LogP contribution in [0.4, 0.5) is 0 Å². The van der Waals surface area contributed by atoms with E-state index in [1.807, 2.05) is 37.8 Å². The molecule has 1 atom stereocenters. The first-order valence-electron chi connectivity index (χ1n) is 11.2. The fourth-order valence-corrected chi connectivity index (χ4v) is 5.27. The number of rotatable bonds is 7. The van der Waals surface area contributed by atoms with Crippen LogP contribution in [0, 0.1) is 19.8 Å². The van der Waals surface area contributed by atoms with Crippen LogP contribution in [0.25, 0.3) is 0 Å². The van der Waals surface area contributed by atoms with Gasteiger partial charge < -0.3 is 14.5 Å².